The summed E-state index contributed by atoms with van der Waals surface area (Å²) in [4.78, 5) is 12.5. The third-order valence-corrected chi connectivity index (χ3v) is 4.14. The van der Waals surface area contributed by atoms with E-state index in [0.29, 0.717) is 12.5 Å². The summed E-state index contributed by atoms with van der Waals surface area (Å²) in [5, 5.41) is 3.11. The van der Waals surface area contributed by atoms with Crippen molar-refractivity contribution in [2.45, 2.75) is 52.4 Å². The Labute approximate surface area is 117 Å². The number of carbonyl (C=O) groups is 1. The molecule has 0 spiro atoms. The molecule has 1 heterocycles. The van der Waals surface area contributed by atoms with Crippen LogP contribution in [0.1, 0.15) is 52.4 Å². The molecule has 4 nitrogen and oxygen atoms in total. The Bertz CT molecular complexity index is 257. The van der Waals surface area contributed by atoms with Crippen molar-refractivity contribution in [2.24, 2.45) is 17.1 Å². The molecule has 0 saturated carbocycles. The van der Waals surface area contributed by atoms with Crippen molar-refractivity contribution in [3.05, 3.63) is 0 Å². The second-order valence-corrected chi connectivity index (χ2v) is 5.78. The van der Waals surface area contributed by atoms with Crippen molar-refractivity contribution >= 4 is 5.91 Å². The largest absolute Gasteiger partial charge is 0.381 e. The Kier molecular flexibility index (Phi) is 7.39. The molecule has 1 fully saturated rings. The SMILES string of the molecule is CCCC(CN)(CCC)C(=O)NCC1CCCOC1. The molecule has 1 rings (SSSR count). The van der Waals surface area contributed by atoms with Crippen molar-refractivity contribution in [1.29, 1.82) is 0 Å². The molecule has 112 valence electrons. The van der Waals surface area contributed by atoms with Crippen molar-refractivity contribution in [1.82, 2.24) is 5.32 Å². The molecule has 1 unspecified atom stereocenters. The fourth-order valence-corrected chi connectivity index (χ4v) is 3.00. The molecule has 1 atom stereocenters. The molecule has 0 aromatic heterocycles. The van der Waals surface area contributed by atoms with Crippen LogP contribution >= 0.6 is 0 Å². The van der Waals surface area contributed by atoms with Gasteiger partial charge in [0.25, 0.3) is 0 Å². The number of nitrogens with two attached hydrogens (primary N) is 1. The molecule has 1 aliphatic rings. The van der Waals surface area contributed by atoms with Crippen LogP contribution in [0.15, 0.2) is 0 Å². The Balaban J connectivity index is 2.50. The van der Waals surface area contributed by atoms with Crippen LogP contribution in [-0.2, 0) is 9.53 Å². The van der Waals surface area contributed by atoms with Crippen LogP contribution in [0.4, 0.5) is 0 Å². The normalized spacial score (nSPS) is 20.3. The lowest BCUT2D eigenvalue weighted by atomic mass is 9.78. The molecule has 1 saturated heterocycles. The quantitative estimate of drug-likeness (QED) is 0.709. The second-order valence-electron chi connectivity index (χ2n) is 5.78. The van der Waals surface area contributed by atoms with Gasteiger partial charge in [0.2, 0.25) is 5.91 Å². The number of amides is 1. The fourth-order valence-electron chi connectivity index (χ4n) is 3.00. The van der Waals surface area contributed by atoms with Gasteiger partial charge in [0.1, 0.15) is 0 Å². The number of hydrogen-bond donors (Lipinski definition) is 2. The average Bonchev–Trinajstić information content (AvgIpc) is 2.45. The van der Waals surface area contributed by atoms with E-state index in [2.05, 4.69) is 19.2 Å². The highest BCUT2D eigenvalue weighted by Gasteiger charge is 2.35. The zero-order valence-electron chi connectivity index (χ0n) is 12.5. The molecule has 1 amide bonds. The monoisotopic (exact) mass is 270 g/mol. The van der Waals surface area contributed by atoms with Crippen molar-refractivity contribution in [2.75, 3.05) is 26.3 Å². The van der Waals surface area contributed by atoms with E-state index in [9.17, 15) is 4.79 Å². The smallest absolute Gasteiger partial charge is 0.227 e. The molecule has 1 aliphatic heterocycles. The van der Waals surface area contributed by atoms with Gasteiger partial charge < -0.3 is 15.8 Å². The number of nitrogens with one attached hydrogen (secondary N) is 1. The molecule has 4 heteroatoms. The number of ether oxygens (including phenoxy) is 1. The highest BCUT2D eigenvalue weighted by atomic mass is 16.5. The maximum absolute atomic E-state index is 12.5. The van der Waals surface area contributed by atoms with Gasteiger partial charge in [0.15, 0.2) is 0 Å². The molecule has 0 aromatic rings. The van der Waals surface area contributed by atoms with E-state index < -0.39 is 0 Å². The summed E-state index contributed by atoms with van der Waals surface area (Å²) in [6.45, 7) is 7.04. The number of rotatable bonds is 8. The Morgan fingerprint density at radius 3 is 2.53 bits per heavy atom. The first kappa shape index (κ1) is 16.4. The minimum Gasteiger partial charge on any atom is -0.381 e. The van der Waals surface area contributed by atoms with E-state index >= 15 is 0 Å². The maximum atomic E-state index is 12.5. The lowest BCUT2D eigenvalue weighted by Crippen LogP contribution is -2.47. The predicted molar refractivity (Wildman–Crippen MR) is 77.9 cm³/mol. The number of hydrogen-bond acceptors (Lipinski definition) is 3. The van der Waals surface area contributed by atoms with Crippen LogP contribution in [0.5, 0.6) is 0 Å². The van der Waals surface area contributed by atoms with Gasteiger partial charge in [-0.25, -0.2) is 0 Å². The van der Waals surface area contributed by atoms with Gasteiger partial charge in [-0.1, -0.05) is 26.7 Å². The van der Waals surface area contributed by atoms with E-state index in [1.54, 1.807) is 0 Å². The van der Waals surface area contributed by atoms with Crippen LogP contribution in [0.3, 0.4) is 0 Å². The van der Waals surface area contributed by atoms with Crippen LogP contribution in [0.2, 0.25) is 0 Å². The Hall–Kier alpha value is -0.610. The molecule has 0 aromatic carbocycles. The minimum atomic E-state index is -0.362. The van der Waals surface area contributed by atoms with Crippen LogP contribution < -0.4 is 11.1 Å². The summed E-state index contributed by atoms with van der Waals surface area (Å²) in [6.07, 6.45) is 6.01. The first-order chi connectivity index (χ1) is 9.18. The van der Waals surface area contributed by atoms with E-state index in [1.807, 2.05) is 0 Å². The second kappa shape index (κ2) is 8.54. The lowest BCUT2D eigenvalue weighted by molar-refractivity contribution is -0.132. The first-order valence-electron chi connectivity index (χ1n) is 7.74. The highest BCUT2D eigenvalue weighted by molar-refractivity contribution is 5.82. The van der Waals surface area contributed by atoms with Gasteiger partial charge in [-0.2, -0.15) is 0 Å². The average molecular weight is 270 g/mol. The van der Waals surface area contributed by atoms with Gasteiger partial charge in [-0.3, -0.25) is 4.79 Å². The van der Waals surface area contributed by atoms with E-state index in [1.165, 1.54) is 0 Å². The van der Waals surface area contributed by atoms with E-state index in [-0.39, 0.29) is 11.3 Å². The Morgan fingerprint density at radius 2 is 2.05 bits per heavy atom. The van der Waals surface area contributed by atoms with Gasteiger partial charge in [-0.05, 0) is 31.6 Å². The summed E-state index contributed by atoms with van der Waals surface area (Å²) < 4.78 is 5.45. The van der Waals surface area contributed by atoms with Gasteiger partial charge in [0, 0.05) is 19.7 Å². The van der Waals surface area contributed by atoms with Gasteiger partial charge >= 0.3 is 0 Å². The molecule has 19 heavy (non-hydrogen) atoms. The van der Waals surface area contributed by atoms with Crippen LogP contribution in [-0.4, -0.2) is 32.2 Å². The van der Waals surface area contributed by atoms with Crippen LogP contribution in [0, 0.1) is 11.3 Å². The third kappa shape index (κ3) is 4.77. The van der Waals surface area contributed by atoms with Crippen molar-refractivity contribution in [3.8, 4) is 0 Å². The van der Waals surface area contributed by atoms with Gasteiger partial charge in [-0.15, -0.1) is 0 Å². The first-order valence-corrected chi connectivity index (χ1v) is 7.74. The van der Waals surface area contributed by atoms with Crippen molar-refractivity contribution in [3.63, 3.8) is 0 Å². The van der Waals surface area contributed by atoms with Crippen LogP contribution in [0.25, 0.3) is 0 Å². The van der Waals surface area contributed by atoms with E-state index in [0.717, 1.165) is 58.3 Å². The summed E-state index contributed by atoms with van der Waals surface area (Å²) in [7, 11) is 0. The standard InChI is InChI=1S/C15H30N2O2/c1-3-7-15(12-16,8-4-2)14(18)17-10-13-6-5-9-19-11-13/h13H,3-12,16H2,1-2H3,(H,17,18). The van der Waals surface area contributed by atoms with Gasteiger partial charge in [0.05, 0.1) is 12.0 Å². The van der Waals surface area contributed by atoms with Crippen molar-refractivity contribution < 1.29 is 9.53 Å². The molecular formula is C15H30N2O2. The third-order valence-electron chi connectivity index (χ3n) is 4.14. The topological polar surface area (TPSA) is 64.4 Å². The van der Waals surface area contributed by atoms with E-state index in [4.69, 9.17) is 10.5 Å². The zero-order chi connectivity index (χ0) is 14.1. The summed E-state index contributed by atoms with van der Waals surface area (Å²) in [5.74, 6) is 0.612. The summed E-state index contributed by atoms with van der Waals surface area (Å²) in [5.41, 5.74) is 5.54. The minimum absolute atomic E-state index is 0.143. The summed E-state index contributed by atoms with van der Waals surface area (Å²) >= 11 is 0. The zero-order valence-corrected chi connectivity index (χ0v) is 12.5. The molecule has 0 bridgehead atoms. The predicted octanol–water partition coefficient (Wildman–Crippen LogP) is 2.07. The molecule has 0 aliphatic carbocycles. The number of carbonyl (C=O) groups excluding carboxylic acids is 1. The molecular weight excluding hydrogens is 240 g/mol. The fraction of sp³-hybridized carbons (Fsp3) is 0.933. The molecule has 0 radical (unpaired) electrons. The molecule has 3 N–H and O–H groups in total. The Morgan fingerprint density at radius 1 is 1.37 bits per heavy atom. The summed E-state index contributed by atoms with van der Waals surface area (Å²) in [6, 6.07) is 0. The lowest BCUT2D eigenvalue weighted by Gasteiger charge is -2.32. The maximum Gasteiger partial charge on any atom is 0.227 e. The highest BCUT2D eigenvalue weighted by Crippen LogP contribution is 2.29.